The molecule has 0 radical (unpaired) electrons. The first-order valence-corrected chi connectivity index (χ1v) is 22.3. The molecule has 4 rings (SSSR count). The number of aliphatic hydroxyl groups is 1. The van der Waals surface area contributed by atoms with Crippen LogP contribution in [0.5, 0.6) is 0 Å². The van der Waals surface area contributed by atoms with E-state index in [0.29, 0.717) is 39.3 Å². The fourth-order valence-corrected chi connectivity index (χ4v) is 12.8. The molecule has 0 aromatic heterocycles. The van der Waals surface area contributed by atoms with Gasteiger partial charge in [0.25, 0.3) is 8.32 Å². The largest absolute Gasteiger partial charge is 0.416 e. The summed E-state index contributed by atoms with van der Waals surface area (Å²) in [6.07, 6.45) is 1.09. The van der Waals surface area contributed by atoms with Crippen LogP contribution in [0.2, 0.25) is 23.2 Å². The molecule has 7 heteroatoms. The number of rotatable bonds is 10. The lowest BCUT2D eigenvalue weighted by Crippen LogP contribution is -2.66. The Morgan fingerprint density at radius 1 is 0.915 bits per heavy atom. The third kappa shape index (κ3) is 7.60. The fourth-order valence-electron chi connectivity index (χ4n) is 7.10. The highest BCUT2D eigenvalue weighted by Crippen LogP contribution is 2.55. The number of aliphatic hydroxyl groups excluding tert-OH is 1. The smallest absolute Gasteiger partial charge is 0.261 e. The second kappa shape index (κ2) is 14.4. The minimum atomic E-state index is -2.60. The number of benzene rings is 2. The van der Waals surface area contributed by atoms with Gasteiger partial charge < -0.3 is 23.4 Å². The lowest BCUT2D eigenvalue weighted by Gasteiger charge is -2.54. The average molecular weight is 677 g/mol. The van der Waals surface area contributed by atoms with Gasteiger partial charge in [0, 0.05) is 31.5 Å². The standard InChI is InChI=1S/C40H60O5Si2/c1-31-29-40(42-27-28-43-40)36(32(2)39(31,9)30-45-46(10,11)37(3,4)5)35(41)25-19-14-20-26-44-47(38(6,7)8,33-21-15-12-16-22-33)34-23-17-13-18-24-34/h12-13,15-18,21-24,31,35-36,41H,2,14,20,26-30H2,1,3-11H3/t31-,35?,36?,39+/m0/s1. The van der Waals surface area contributed by atoms with Crippen LogP contribution < -0.4 is 10.4 Å². The fraction of sp³-hybridized carbons (Fsp3) is 0.600. The van der Waals surface area contributed by atoms with E-state index in [1.807, 2.05) is 0 Å². The van der Waals surface area contributed by atoms with E-state index in [2.05, 4.69) is 148 Å². The van der Waals surface area contributed by atoms with Crippen LogP contribution in [0.4, 0.5) is 0 Å². The zero-order valence-electron chi connectivity index (χ0n) is 30.7. The van der Waals surface area contributed by atoms with Crippen LogP contribution in [-0.4, -0.2) is 60.1 Å². The highest BCUT2D eigenvalue weighted by molar-refractivity contribution is 6.99. The Labute approximate surface area is 287 Å². The van der Waals surface area contributed by atoms with E-state index in [1.54, 1.807) is 0 Å². The first-order valence-electron chi connectivity index (χ1n) is 17.4. The molecule has 0 bridgehead atoms. The maximum Gasteiger partial charge on any atom is 0.261 e. The van der Waals surface area contributed by atoms with Gasteiger partial charge in [0.1, 0.15) is 6.10 Å². The van der Waals surface area contributed by atoms with Gasteiger partial charge >= 0.3 is 0 Å². The molecule has 1 heterocycles. The minimum absolute atomic E-state index is 0.0768. The highest BCUT2D eigenvalue weighted by atomic mass is 28.4. The summed E-state index contributed by atoms with van der Waals surface area (Å²) in [7, 11) is -4.59. The van der Waals surface area contributed by atoms with Crippen molar-refractivity contribution in [3.05, 3.63) is 72.8 Å². The third-order valence-corrected chi connectivity index (χ3v) is 20.8. The van der Waals surface area contributed by atoms with Crippen LogP contribution in [-0.2, 0) is 18.3 Å². The summed E-state index contributed by atoms with van der Waals surface area (Å²) >= 11 is 0. The molecule has 4 atom stereocenters. The van der Waals surface area contributed by atoms with E-state index >= 15 is 0 Å². The molecule has 2 aromatic carbocycles. The van der Waals surface area contributed by atoms with Crippen molar-refractivity contribution in [2.24, 2.45) is 17.3 Å². The molecule has 2 unspecified atom stereocenters. The van der Waals surface area contributed by atoms with Crippen LogP contribution in [0.25, 0.3) is 0 Å². The van der Waals surface area contributed by atoms with E-state index in [4.69, 9.17) is 18.3 Å². The van der Waals surface area contributed by atoms with Crippen molar-refractivity contribution in [3.63, 3.8) is 0 Å². The molecule has 258 valence electrons. The summed E-state index contributed by atoms with van der Waals surface area (Å²) in [6, 6.07) is 21.4. The Balaban J connectivity index is 1.50. The van der Waals surface area contributed by atoms with E-state index in [1.165, 1.54) is 10.4 Å². The maximum absolute atomic E-state index is 11.7. The van der Waals surface area contributed by atoms with Crippen LogP contribution in [0.1, 0.15) is 74.7 Å². The lowest BCUT2D eigenvalue weighted by molar-refractivity contribution is -0.234. The van der Waals surface area contributed by atoms with Crippen molar-refractivity contribution in [3.8, 4) is 11.8 Å². The van der Waals surface area contributed by atoms with Crippen LogP contribution in [0.3, 0.4) is 0 Å². The molecule has 2 aromatic rings. The van der Waals surface area contributed by atoms with Gasteiger partial charge in [-0.05, 0) is 45.9 Å². The first-order chi connectivity index (χ1) is 21.9. The van der Waals surface area contributed by atoms with E-state index in [9.17, 15) is 5.11 Å². The molecule has 1 aliphatic carbocycles. The Morgan fingerprint density at radius 2 is 1.45 bits per heavy atom. The van der Waals surface area contributed by atoms with Crippen LogP contribution in [0, 0.1) is 29.1 Å². The van der Waals surface area contributed by atoms with Gasteiger partial charge in [0.05, 0.1) is 19.1 Å². The monoisotopic (exact) mass is 676 g/mol. The summed E-state index contributed by atoms with van der Waals surface area (Å²) in [6.45, 7) is 29.5. The average Bonchev–Trinajstić information content (AvgIpc) is 3.47. The van der Waals surface area contributed by atoms with Crippen molar-refractivity contribution in [1.29, 1.82) is 0 Å². The van der Waals surface area contributed by atoms with Crippen LogP contribution in [0.15, 0.2) is 72.8 Å². The predicted octanol–water partition coefficient (Wildman–Crippen LogP) is 7.69. The maximum atomic E-state index is 11.7. The van der Waals surface area contributed by atoms with Gasteiger partial charge in [0.2, 0.25) is 0 Å². The number of unbranched alkanes of at least 4 members (excludes halogenated alkanes) is 1. The highest BCUT2D eigenvalue weighted by Gasteiger charge is 2.59. The van der Waals surface area contributed by atoms with Crippen LogP contribution >= 0.6 is 0 Å². The Morgan fingerprint density at radius 3 is 1.94 bits per heavy atom. The quantitative estimate of drug-likeness (QED) is 0.121. The van der Waals surface area contributed by atoms with Gasteiger partial charge in [-0.2, -0.15) is 0 Å². The number of ether oxygens (including phenoxy) is 2. The van der Waals surface area contributed by atoms with Crippen molar-refractivity contribution < 1.29 is 23.4 Å². The normalized spacial score (nSPS) is 24.2. The predicted molar refractivity (Wildman–Crippen MR) is 199 cm³/mol. The Hall–Kier alpha value is -2.03. The van der Waals surface area contributed by atoms with Gasteiger partial charge in [-0.3, -0.25) is 0 Å². The summed E-state index contributed by atoms with van der Waals surface area (Å²) in [5.41, 5.74) is 0.571. The molecule has 0 amide bonds. The Kier molecular flexibility index (Phi) is 11.6. The molecule has 2 aliphatic rings. The number of hydrogen-bond donors (Lipinski definition) is 1. The van der Waals surface area contributed by atoms with Gasteiger partial charge in [-0.15, -0.1) is 5.92 Å². The summed E-state index contributed by atoms with van der Waals surface area (Å²) < 4.78 is 26.4. The zero-order valence-corrected chi connectivity index (χ0v) is 32.7. The van der Waals surface area contributed by atoms with Gasteiger partial charge in [-0.1, -0.05) is 134 Å². The van der Waals surface area contributed by atoms with Crippen molar-refractivity contribution in [2.75, 3.05) is 26.4 Å². The van der Waals surface area contributed by atoms with Crippen molar-refractivity contribution >= 4 is 27.0 Å². The number of hydrogen-bond acceptors (Lipinski definition) is 5. The topological polar surface area (TPSA) is 57.2 Å². The minimum Gasteiger partial charge on any atom is -0.416 e. The summed E-state index contributed by atoms with van der Waals surface area (Å²) in [5, 5.41) is 14.3. The molecular formula is C40H60O5Si2. The SMILES string of the molecule is C=C1C(C(O)C#CCCCO[Si](c2ccccc2)(c2ccccc2)C(C)(C)C)C2(C[C@H](C)[C@@]1(C)CO[Si](C)(C)C(C)(C)C)OCCO2. The van der Waals surface area contributed by atoms with Gasteiger partial charge in [-0.25, -0.2) is 0 Å². The first kappa shape index (κ1) is 37.8. The van der Waals surface area contributed by atoms with Gasteiger partial charge in [0.15, 0.2) is 14.1 Å². The lowest BCUT2D eigenvalue weighted by atomic mass is 9.58. The molecule has 5 nitrogen and oxygen atoms in total. The van der Waals surface area contributed by atoms with Crippen molar-refractivity contribution in [1.82, 2.24) is 0 Å². The second-order valence-corrected chi connectivity index (χ2v) is 25.6. The molecule has 1 saturated heterocycles. The molecule has 1 saturated carbocycles. The second-order valence-electron chi connectivity index (χ2n) is 16.5. The summed E-state index contributed by atoms with van der Waals surface area (Å²) in [4.78, 5) is 0. The van der Waals surface area contributed by atoms with E-state index < -0.39 is 34.4 Å². The third-order valence-electron chi connectivity index (χ3n) is 11.3. The summed E-state index contributed by atoms with van der Waals surface area (Å²) in [5.74, 6) is 5.30. The molecule has 1 N–H and O–H groups in total. The molecule has 1 spiro atoms. The van der Waals surface area contributed by atoms with Crippen molar-refractivity contribution in [2.45, 2.75) is 110 Å². The molecular weight excluding hydrogens is 617 g/mol. The Bertz CT molecular complexity index is 1350. The molecule has 1 aliphatic heterocycles. The van der Waals surface area contributed by atoms with E-state index in [-0.39, 0.29) is 21.4 Å². The zero-order chi connectivity index (χ0) is 34.7. The van der Waals surface area contributed by atoms with E-state index in [0.717, 1.165) is 12.0 Å². The molecule has 2 fully saturated rings. The molecule has 47 heavy (non-hydrogen) atoms.